The zero-order valence-electron chi connectivity index (χ0n) is 9.35. The lowest BCUT2D eigenvalue weighted by Crippen LogP contribution is -2.12. The van der Waals surface area contributed by atoms with Gasteiger partial charge in [-0.15, -0.1) is 0 Å². The summed E-state index contributed by atoms with van der Waals surface area (Å²) in [5, 5.41) is 11.4. The Labute approximate surface area is 98.8 Å². The second kappa shape index (κ2) is 6.47. The van der Waals surface area contributed by atoms with Gasteiger partial charge in [0.15, 0.2) is 0 Å². The first kappa shape index (κ1) is 13.0. The minimum atomic E-state index is -0.793. The highest BCUT2D eigenvalue weighted by Crippen LogP contribution is 2.06. The SMILES string of the molecule is NC(=O)c1ccnc(NCCCCC(=O)O)c1. The van der Waals surface area contributed by atoms with Crippen LogP contribution >= 0.6 is 0 Å². The molecule has 0 saturated heterocycles. The van der Waals surface area contributed by atoms with Gasteiger partial charge in [-0.1, -0.05) is 0 Å². The standard InChI is InChI=1S/C11H15N3O3/c12-11(17)8-4-6-14-9(7-8)13-5-2-1-3-10(15)16/h4,6-7H,1-3,5H2,(H2,12,17)(H,13,14)(H,15,16). The zero-order valence-corrected chi connectivity index (χ0v) is 9.35. The van der Waals surface area contributed by atoms with Crippen molar-refractivity contribution in [1.29, 1.82) is 0 Å². The number of rotatable bonds is 7. The smallest absolute Gasteiger partial charge is 0.303 e. The molecule has 0 aromatic carbocycles. The molecule has 0 unspecified atom stereocenters. The number of hydrogen-bond acceptors (Lipinski definition) is 4. The maximum Gasteiger partial charge on any atom is 0.303 e. The molecule has 1 aromatic heterocycles. The van der Waals surface area contributed by atoms with Crippen LogP contribution in [0.2, 0.25) is 0 Å². The second-order valence-corrected chi connectivity index (χ2v) is 3.57. The summed E-state index contributed by atoms with van der Waals surface area (Å²) in [5.74, 6) is -0.725. The Morgan fingerprint density at radius 3 is 2.82 bits per heavy atom. The first-order valence-electron chi connectivity index (χ1n) is 5.31. The van der Waals surface area contributed by atoms with Crippen molar-refractivity contribution >= 4 is 17.7 Å². The summed E-state index contributed by atoms with van der Waals surface area (Å²) >= 11 is 0. The van der Waals surface area contributed by atoms with Crippen LogP contribution in [0, 0.1) is 0 Å². The Morgan fingerprint density at radius 2 is 2.18 bits per heavy atom. The molecule has 0 aliphatic heterocycles. The highest BCUT2D eigenvalue weighted by Gasteiger charge is 2.02. The molecule has 4 N–H and O–H groups in total. The Kier molecular flexibility index (Phi) is 4.93. The number of amides is 1. The van der Waals surface area contributed by atoms with Crippen LogP contribution in [0.4, 0.5) is 5.82 Å². The fraction of sp³-hybridized carbons (Fsp3) is 0.364. The van der Waals surface area contributed by atoms with Gasteiger partial charge in [0.05, 0.1) is 0 Å². The van der Waals surface area contributed by atoms with Crippen LogP contribution in [0.1, 0.15) is 29.6 Å². The van der Waals surface area contributed by atoms with Crippen molar-refractivity contribution in [2.24, 2.45) is 5.73 Å². The summed E-state index contributed by atoms with van der Waals surface area (Å²) < 4.78 is 0. The van der Waals surface area contributed by atoms with Crippen molar-refractivity contribution in [3.8, 4) is 0 Å². The predicted octanol–water partition coefficient (Wildman–Crippen LogP) is 0.847. The third-order valence-corrected chi connectivity index (χ3v) is 2.17. The highest BCUT2D eigenvalue weighted by molar-refractivity contribution is 5.93. The van der Waals surface area contributed by atoms with E-state index in [1.54, 1.807) is 6.07 Å². The molecule has 17 heavy (non-hydrogen) atoms. The van der Waals surface area contributed by atoms with E-state index >= 15 is 0 Å². The van der Waals surface area contributed by atoms with Gasteiger partial charge >= 0.3 is 5.97 Å². The van der Waals surface area contributed by atoms with E-state index in [0.717, 1.165) is 6.42 Å². The molecule has 0 saturated carbocycles. The van der Waals surface area contributed by atoms with E-state index in [2.05, 4.69) is 10.3 Å². The molecule has 0 aliphatic rings. The summed E-state index contributed by atoms with van der Waals surface area (Å²) in [6.45, 7) is 0.614. The number of pyridine rings is 1. The average Bonchev–Trinajstić information content (AvgIpc) is 2.28. The predicted molar refractivity (Wildman–Crippen MR) is 62.7 cm³/mol. The van der Waals surface area contributed by atoms with Gasteiger partial charge in [-0.05, 0) is 25.0 Å². The van der Waals surface area contributed by atoms with Gasteiger partial charge in [0.1, 0.15) is 5.82 Å². The van der Waals surface area contributed by atoms with E-state index < -0.39 is 11.9 Å². The van der Waals surface area contributed by atoms with Crippen molar-refractivity contribution < 1.29 is 14.7 Å². The van der Waals surface area contributed by atoms with Crippen LogP contribution in [0.5, 0.6) is 0 Å². The van der Waals surface area contributed by atoms with Crippen LogP contribution < -0.4 is 11.1 Å². The maximum atomic E-state index is 10.9. The van der Waals surface area contributed by atoms with Crippen LogP contribution in [-0.2, 0) is 4.79 Å². The number of carbonyl (C=O) groups excluding carboxylic acids is 1. The fourth-order valence-electron chi connectivity index (χ4n) is 1.30. The number of carboxylic acid groups (broad SMARTS) is 1. The topological polar surface area (TPSA) is 105 Å². The summed E-state index contributed by atoms with van der Waals surface area (Å²) in [7, 11) is 0. The average molecular weight is 237 g/mol. The summed E-state index contributed by atoms with van der Waals surface area (Å²) in [6, 6.07) is 3.11. The molecule has 1 rings (SSSR count). The van der Waals surface area contributed by atoms with E-state index in [-0.39, 0.29) is 6.42 Å². The van der Waals surface area contributed by atoms with E-state index in [0.29, 0.717) is 24.3 Å². The number of aliphatic carboxylic acids is 1. The normalized spacial score (nSPS) is 9.88. The van der Waals surface area contributed by atoms with Crippen molar-refractivity contribution in [3.05, 3.63) is 23.9 Å². The molecule has 0 spiro atoms. The molecule has 0 atom stereocenters. The lowest BCUT2D eigenvalue weighted by Gasteiger charge is -2.05. The number of nitrogens with two attached hydrogens (primary N) is 1. The third-order valence-electron chi connectivity index (χ3n) is 2.17. The number of unbranched alkanes of at least 4 members (excludes halogenated alkanes) is 1. The minimum absolute atomic E-state index is 0.163. The number of primary amides is 1. The summed E-state index contributed by atoms with van der Waals surface area (Å²) in [4.78, 5) is 25.2. The van der Waals surface area contributed by atoms with Crippen molar-refractivity contribution in [2.45, 2.75) is 19.3 Å². The largest absolute Gasteiger partial charge is 0.481 e. The third kappa shape index (κ3) is 4.96. The van der Waals surface area contributed by atoms with Gasteiger partial charge in [-0.25, -0.2) is 4.98 Å². The molecule has 0 aliphatic carbocycles. The quantitative estimate of drug-likeness (QED) is 0.609. The molecule has 6 heteroatoms. The number of aromatic nitrogens is 1. The highest BCUT2D eigenvalue weighted by atomic mass is 16.4. The van der Waals surface area contributed by atoms with Crippen molar-refractivity contribution in [2.75, 3.05) is 11.9 Å². The van der Waals surface area contributed by atoms with Crippen molar-refractivity contribution in [1.82, 2.24) is 4.98 Å². The molecule has 1 aromatic rings. The summed E-state index contributed by atoms with van der Waals surface area (Å²) in [5.41, 5.74) is 5.53. The van der Waals surface area contributed by atoms with Crippen LogP contribution in [-0.4, -0.2) is 28.5 Å². The number of hydrogen-bond donors (Lipinski definition) is 3. The molecular formula is C11H15N3O3. The number of carbonyl (C=O) groups is 2. The Balaban J connectivity index is 2.34. The monoisotopic (exact) mass is 237 g/mol. The Hall–Kier alpha value is -2.11. The van der Waals surface area contributed by atoms with E-state index in [4.69, 9.17) is 10.8 Å². The van der Waals surface area contributed by atoms with Gasteiger partial charge < -0.3 is 16.2 Å². The molecule has 0 radical (unpaired) electrons. The molecule has 0 fully saturated rings. The first-order chi connectivity index (χ1) is 8.09. The lowest BCUT2D eigenvalue weighted by atomic mass is 10.2. The Morgan fingerprint density at radius 1 is 1.41 bits per heavy atom. The molecule has 92 valence electrons. The minimum Gasteiger partial charge on any atom is -0.481 e. The number of carboxylic acids is 1. The van der Waals surface area contributed by atoms with Crippen LogP contribution in [0.15, 0.2) is 18.3 Å². The van der Waals surface area contributed by atoms with Crippen LogP contribution in [0.3, 0.4) is 0 Å². The van der Waals surface area contributed by atoms with E-state index in [1.165, 1.54) is 12.3 Å². The van der Waals surface area contributed by atoms with Crippen molar-refractivity contribution in [3.63, 3.8) is 0 Å². The second-order valence-electron chi connectivity index (χ2n) is 3.57. The molecule has 0 bridgehead atoms. The Bertz CT molecular complexity index is 407. The molecule has 1 heterocycles. The van der Waals surface area contributed by atoms with Gasteiger partial charge in [0, 0.05) is 24.7 Å². The van der Waals surface area contributed by atoms with Gasteiger partial charge in [-0.2, -0.15) is 0 Å². The van der Waals surface area contributed by atoms with E-state index in [1.807, 2.05) is 0 Å². The summed E-state index contributed by atoms with van der Waals surface area (Å²) in [6.07, 6.45) is 3.00. The van der Waals surface area contributed by atoms with Crippen LogP contribution in [0.25, 0.3) is 0 Å². The number of anilines is 1. The lowest BCUT2D eigenvalue weighted by molar-refractivity contribution is -0.137. The molecule has 6 nitrogen and oxygen atoms in total. The molecule has 1 amide bonds. The maximum absolute atomic E-state index is 10.9. The fourth-order valence-corrected chi connectivity index (χ4v) is 1.30. The van der Waals surface area contributed by atoms with Gasteiger partial charge in [0.2, 0.25) is 5.91 Å². The zero-order chi connectivity index (χ0) is 12.7. The van der Waals surface area contributed by atoms with Gasteiger partial charge in [0.25, 0.3) is 0 Å². The van der Waals surface area contributed by atoms with E-state index in [9.17, 15) is 9.59 Å². The first-order valence-corrected chi connectivity index (χ1v) is 5.31. The number of nitrogens with zero attached hydrogens (tertiary/aromatic N) is 1. The van der Waals surface area contributed by atoms with Gasteiger partial charge in [-0.3, -0.25) is 9.59 Å². The molecular weight excluding hydrogens is 222 g/mol. The number of nitrogens with one attached hydrogen (secondary N) is 1.